The third-order valence-electron chi connectivity index (χ3n) is 15.9. The van der Waals surface area contributed by atoms with Gasteiger partial charge in [0, 0.05) is 54.8 Å². The number of nitrogens with zero attached hydrogens (tertiary/aromatic N) is 4. The van der Waals surface area contributed by atoms with Gasteiger partial charge < -0.3 is 33.0 Å². The second-order valence-electron chi connectivity index (χ2n) is 23.2. The van der Waals surface area contributed by atoms with E-state index < -0.39 is 84.0 Å². The fourth-order valence-corrected chi connectivity index (χ4v) is 13.1. The number of fused-ring (bicyclic) bond motifs is 7. The fraction of sp³-hybridized carbons (Fsp3) is 0.579. The molecule has 8 rings (SSSR count). The maximum absolute atomic E-state index is 16.6. The highest BCUT2D eigenvalue weighted by Crippen LogP contribution is 2.64. The highest BCUT2D eigenvalue weighted by molar-refractivity contribution is 6.74. The molecule has 1 aromatic heterocycles. The van der Waals surface area contributed by atoms with Crippen LogP contribution >= 0.6 is 0 Å². The molecule has 2 aliphatic heterocycles. The summed E-state index contributed by atoms with van der Waals surface area (Å²) in [5, 5.41) is 17.1. The number of unbranched alkanes of at least 4 members (excludes halogenated alkanes) is 2. The third-order valence-corrected chi connectivity index (χ3v) is 20.4. The number of hydrogen-bond donors (Lipinski definition) is 1. The lowest BCUT2D eigenvalue weighted by molar-refractivity contribution is -0.275. The molecule has 3 aromatic rings. The monoisotopic (exact) mass is 1060 g/mol. The number of aliphatic hydroxyl groups is 1. The summed E-state index contributed by atoms with van der Waals surface area (Å²) in [6.45, 7) is 28.6. The van der Waals surface area contributed by atoms with Gasteiger partial charge in [-0.1, -0.05) is 89.9 Å². The molecule has 14 nitrogen and oxygen atoms in total. The largest absolute Gasteiger partial charge is 0.573 e. The van der Waals surface area contributed by atoms with Crippen LogP contribution in [0.1, 0.15) is 144 Å². The van der Waals surface area contributed by atoms with Crippen molar-refractivity contribution in [3.05, 3.63) is 94.8 Å². The van der Waals surface area contributed by atoms with E-state index in [9.17, 15) is 9.90 Å². The number of alkyl halides is 3. The topological polar surface area (TPSA) is 153 Å². The number of anilines is 1. The molecule has 2 unspecified atom stereocenters. The summed E-state index contributed by atoms with van der Waals surface area (Å²) in [6.07, 6.45) is 0.103. The van der Waals surface area contributed by atoms with Crippen molar-refractivity contribution in [2.45, 2.75) is 155 Å². The van der Waals surface area contributed by atoms with Crippen LogP contribution in [0.4, 0.5) is 23.7 Å². The highest BCUT2D eigenvalue weighted by Gasteiger charge is 2.69. The smallest absolute Gasteiger partial charge is 0.507 e. The first-order valence-corrected chi connectivity index (χ1v) is 29.5. The Labute approximate surface area is 440 Å². The van der Waals surface area contributed by atoms with Crippen molar-refractivity contribution in [1.82, 2.24) is 15.0 Å². The Morgan fingerprint density at radius 1 is 0.960 bits per heavy atom. The van der Waals surface area contributed by atoms with Gasteiger partial charge in [-0.05, 0) is 100 Å². The molecule has 2 fully saturated rings. The standard InChI is InChI=1S/C57H75F3N4O10Si/c1-13-17-28-69-48-40-37(47(71-57(58,59)60)41-43-35(24-27-63(43)32-34-22-20-19-21-23-34)33-64(45(41)48)53(68)72-54(5,6)7)30-36-31-38-44(62(25-15-3)26-16-4)49-42(52(61-73-49)70-29-18-14-2)51(67)56(38,50(66)39(36)46(40)65)74-75(11,12)55(8,9)10/h15-16,19-23,35-36,38,43-44,65H,3-4,13-14,17-18,24-33H2,1-2,5-12H3/t35?,36-,38-,43?,44-,56-/m0/s1. The Hall–Kier alpha value is -5.43. The van der Waals surface area contributed by atoms with Crippen LogP contribution in [0.25, 0.3) is 5.76 Å². The first-order valence-electron chi connectivity index (χ1n) is 26.5. The van der Waals surface area contributed by atoms with Gasteiger partial charge >= 0.3 is 12.5 Å². The van der Waals surface area contributed by atoms with Gasteiger partial charge in [-0.25, -0.2) is 4.79 Å². The van der Waals surface area contributed by atoms with Crippen molar-refractivity contribution >= 4 is 37.4 Å². The minimum atomic E-state index is -5.26. The molecule has 0 bridgehead atoms. The van der Waals surface area contributed by atoms with Gasteiger partial charge in [0.2, 0.25) is 11.6 Å². The van der Waals surface area contributed by atoms with Gasteiger partial charge in [0.15, 0.2) is 25.4 Å². The first kappa shape index (κ1) is 55.8. The zero-order valence-corrected chi connectivity index (χ0v) is 46.3. The number of Topliss-reactive ketones (excluding diaryl/α,β-unsaturated/α-hetero) is 2. The molecular formula is C57H75F3N4O10Si. The summed E-state index contributed by atoms with van der Waals surface area (Å²) in [7, 11) is -3.20. The molecule has 0 radical (unpaired) electrons. The average Bonchev–Trinajstić information content (AvgIpc) is 3.93. The second kappa shape index (κ2) is 21.2. The average molecular weight is 1060 g/mol. The number of halogens is 3. The van der Waals surface area contributed by atoms with E-state index in [0.717, 1.165) is 12.0 Å². The minimum absolute atomic E-state index is 0.0366. The molecule has 6 atom stereocenters. The summed E-state index contributed by atoms with van der Waals surface area (Å²) in [6, 6.07) is 8.00. The molecule has 408 valence electrons. The molecular weight excluding hydrogens is 986 g/mol. The van der Waals surface area contributed by atoms with Crippen molar-refractivity contribution < 1.29 is 60.6 Å². The van der Waals surface area contributed by atoms with Crippen LogP contribution in [0, 0.1) is 17.8 Å². The van der Waals surface area contributed by atoms with Crippen LogP contribution in [-0.4, -0.2) is 103 Å². The molecule has 3 aliphatic carbocycles. The summed E-state index contributed by atoms with van der Waals surface area (Å²) in [5.74, 6) is -5.27. The lowest BCUT2D eigenvalue weighted by Gasteiger charge is -2.55. The zero-order valence-electron chi connectivity index (χ0n) is 45.3. The number of carbonyl (C=O) groups excluding carboxylic acids is 3. The predicted molar refractivity (Wildman–Crippen MR) is 282 cm³/mol. The van der Waals surface area contributed by atoms with Crippen molar-refractivity contribution in [3.8, 4) is 17.4 Å². The second-order valence-corrected chi connectivity index (χ2v) is 28.0. The van der Waals surface area contributed by atoms with Crippen LogP contribution in [0.3, 0.4) is 0 Å². The molecule has 1 saturated heterocycles. The van der Waals surface area contributed by atoms with Crippen LogP contribution in [-0.2, 0) is 26.9 Å². The Morgan fingerprint density at radius 3 is 2.21 bits per heavy atom. The molecule has 3 heterocycles. The minimum Gasteiger partial charge on any atom is -0.507 e. The van der Waals surface area contributed by atoms with Crippen molar-refractivity contribution in [1.29, 1.82) is 0 Å². The number of rotatable bonds is 18. The Kier molecular flexibility index (Phi) is 15.8. The number of ketones is 2. The Morgan fingerprint density at radius 2 is 1.61 bits per heavy atom. The summed E-state index contributed by atoms with van der Waals surface area (Å²) in [5.41, 5.74) is -2.87. The van der Waals surface area contributed by atoms with Gasteiger partial charge in [0.1, 0.15) is 22.7 Å². The van der Waals surface area contributed by atoms with E-state index in [1.54, 1.807) is 32.9 Å². The predicted octanol–water partition coefficient (Wildman–Crippen LogP) is 12.7. The van der Waals surface area contributed by atoms with Gasteiger partial charge in [0.05, 0.1) is 30.5 Å². The van der Waals surface area contributed by atoms with Crippen molar-refractivity contribution in [2.75, 3.05) is 44.3 Å². The molecule has 18 heteroatoms. The molecule has 1 saturated carbocycles. The van der Waals surface area contributed by atoms with E-state index in [0.29, 0.717) is 38.8 Å². The van der Waals surface area contributed by atoms with E-state index in [1.165, 1.54) is 4.90 Å². The summed E-state index contributed by atoms with van der Waals surface area (Å²) in [4.78, 5) is 52.7. The lowest BCUT2D eigenvalue weighted by Crippen LogP contribution is -2.68. The molecule has 75 heavy (non-hydrogen) atoms. The fourth-order valence-electron chi connectivity index (χ4n) is 11.7. The molecule has 2 aromatic carbocycles. The van der Waals surface area contributed by atoms with Crippen LogP contribution < -0.4 is 19.1 Å². The van der Waals surface area contributed by atoms with E-state index in [4.69, 9.17) is 27.9 Å². The number of amides is 1. The quantitative estimate of drug-likeness (QED) is 0.0557. The number of benzene rings is 2. The number of carbonyl (C=O) groups is 3. The summed E-state index contributed by atoms with van der Waals surface area (Å²) >= 11 is 0. The maximum Gasteiger partial charge on any atom is 0.573 e. The number of aromatic nitrogens is 1. The normalized spacial score (nSPS) is 23.7. The lowest BCUT2D eigenvalue weighted by atomic mass is 9.57. The van der Waals surface area contributed by atoms with Crippen LogP contribution in [0.15, 0.2) is 65.7 Å². The molecule has 1 N–H and O–H groups in total. The summed E-state index contributed by atoms with van der Waals surface area (Å²) < 4.78 is 84.2. The number of likely N-dealkylation sites (tertiary alicyclic amines) is 1. The number of hydrogen-bond acceptors (Lipinski definition) is 13. The molecule has 1 amide bonds. The highest BCUT2D eigenvalue weighted by atomic mass is 28.4. The van der Waals surface area contributed by atoms with Crippen LogP contribution in [0.5, 0.6) is 17.4 Å². The Balaban J connectivity index is 1.46. The SMILES string of the molecule is C=CCN(CC=C)[C@@H]1c2onc(OCCCC)c2C(=O)[C@@]2(O[Si](C)(C)C(C)(C)C)C(=O)C3=C(O)c4c(c(OC(F)(F)F)c5c(c4OCCCC)N(C(=O)OC(C)(C)C)CC4CCN(Cc6ccccc6)C54)C[C@H]3C[C@@H]12. The van der Waals surface area contributed by atoms with Crippen molar-refractivity contribution in [3.63, 3.8) is 0 Å². The zero-order chi connectivity index (χ0) is 54.6. The maximum atomic E-state index is 16.6. The van der Waals surface area contributed by atoms with Crippen molar-refractivity contribution in [2.24, 2.45) is 17.8 Å². The van der Waals surface area contributed by atoms with E-state index >= 15 is 22.8 Å². The van der Waals surface area contributed by atoms with Gasteiger partial charge in [-0.15, -0.1) is 26.3 Å². The van der Waals surface area contributed by atoms with E-state index in [2.05, 4.69) is 23.2 Å². The van der Waals surface area contributed by atoms with Gasteiger partial charge in [0.25, 0.3) is 5.88 Å². The Bertz CT molecular complexity index is 2700. The van der Waals surface area contributed by atoms with E-state index in [1.807, 2.05) is 82.9 Å². The van der Waals surface area contributed by atoms with Gasteiger partial charge in [-0.2, -0.15) is 0 Å². The number of aliphatic hydroxyl groups excluding tert-OH is 1. The van der Waals surface area contributed by atoms with Gasteiger partial charge in [-0.3, -0.25) is 24.3 Å². The first-order chi connectivity index (χ1) is 35.3. The third kappa shape index (κ3) is 10.3. The molecule has 5 aliphatic rings. The number of ether oxygens (including phenoxy) is 4. The van der Waals surface area contributed by atoms with E-state index in [-0.39, 0.29) is 103 Å². The van der Waals surface area contributed by atoms with Crippen LogP contribution in [0.2, 0.25) is 18.1 Å². The molecule has 0 spiro atoms.